The van der Waals surface area contributed by atoms with Crippen LogP contribution in [0.1, 0.15) is 213 Å². The summed E-state index contributed by atoms with van der Waals surface area (Å²) in [4.78, 5) is 35.6. The first kappa shape index (κ1) is 47.0. The molecule has 0 saturated heterocycles. The molecule has 6 heteroatoms. The van der Waals surface area contributed by atoms with Crippen molar-refractivity contribution >= 4 is 17.7 Å². The van der Waals surface area contributed by atoms with Gasteiger partial charge in [-0.25, -0.2) is 0 Å². The van der Waals surface area contributed by atoms with Gasteiger partial charge in [0.15, 0.2) is 5.78 Å². The van der Waals surface area contributed by atoms with Gasteiger partial charge in [-0.05, 0) is 38.2 Å². The summed E-state index contributed by atoms with van der Waals surface area (Å²) in [5, 5.41) is 10.0. The molecule has 0 rings (SSSR count). The van der Waals surface area contributed by atoms with Crippen LogP contribution in [0.15, 0.2) is 24.3 Å². The summed E-state index contributed by atoms with van der Waals surface area (Å²) < 4.78 is 10.3. The van der Waals surface area contributed by atoms with Gasteiger partial charge in [0, 0.05) is 19.3 Å². The van der Waals surface area contributed by atoms with Crippen molar-refractivity contribution in [3.8, 4) is 0 Å². The number of carbonyl (C=O) groups is 3. The first-order valence-electron chi connectivity index (χ1n) is 20.8. The van der Waals surface area contributed by atoms with E-state index in [1.54, 1.807) is 6.08 Å². The van der Waals surface area contributed by atoms with Crippen molar-refractivity contribution in [1.29, 1.82) is 0 Å². The molecule has 0 aliphatic heterocycles. The van der Waals surface area contributed by atoms with Gasteiger partial charge in [0.2, 0.25) is 0 Å². The molecule has 6 nitrogen and oxygen atoms in total. The van der Waals surface area contributed by atoms with Crippen LogP contribution in [0.3, 0.4) is 0 Å². The lowest BCUT2D eigenvalue weighted by Crippen LogP contribution is -2.25. The number of esters is 2. The Balaban J connectivity index is 3.45. The fraction of sp³-hybridized carbons (Fsp3) is 0.837. The number of ether oxygens (including phenoxy) is 2. The lowest BCUT2D eigenvalue weighted by Gasteiger charge is -2.12. The van der Waals surface area contributed by atoms with Crippen molar-refractivity contribution < 1.29 is 29.0 Å². The van der Waals surface area contributed by atoms with E-state index in [2.05, 4.69) is 19.9 Å². The van der Waals surface area contributed by atoms with Crippen LogP contribution in [0.4, 0.5) is 0 Å². The zero-order valence-electron chi connectivity index (χ0n) is 32.2. The van der Waals surface area contributed by atoms with Crippen molar-refractivity contribution in [2.24, 2.45) is 0 Å². The molecule has 0 heterocycles. The van der Waals surface area contributed by atoms with E-state index in [1.807, 2.05) is 12.2 Å². The zero-order chi connectivity index (χ0) is 35.9. The third-order valence-electron chi connectivity index (χ3n) is 9.17. The maximum absolute atomic E-state index is 12.0. The topological polar surface area (TPSA) is 89.9 Å². The third kappa shape index (κ3) is 38.7. The quantitative estimate of drug-likeness (QED) is 0.0300. The monoisotopic (exact) mass is 691 g/mol. The highest BCUT2D eigenvalue weighted by Gasteiger charge is 2.12. The van der Waals surface area contributed by atoms with E-state index in [0.29, 0.717) is 19.3 Å². The highest BCUT2D eigenvalue weighted by atomic mass is 16.6. The van der Waals surface area contributed by atoms with Crippen LogP contribution in [-0.4, -0.2) is 42.1 Å². The summed E-state index contributed by atoms with van der Waals surface area (Å²) in [5.41, 5.74) is 0. The molecule has 0 aliphatic carbocycles. The maximum Gasteiger partial charge on any atom is 0.305 e. The Kier molecular flexibility index (Phi) is 37.3. The minimum absolute atomic E-state index is 0.134. The lowest BCUT2D eigenvalue weighted by atomic mass is 10.0. The summed E-state index contributed by atoms with van der Waals surface area (Å²) in [6.07, 6.45) is 42.2. The molecule has 286 valence electrons. The van der Waals surface area contributed by atoms with E-state index in [0.717, 1.165) is 77.0 Å². The van der Waals surface area contributed by atoms with Gasteiger partial charge >= 0.3 is 11.9 Å². The average molecular weight is 691 g/mol. The Morgan fingerprint density at radius 1 is 0.469 bits per heavy atom. The first-order valence-corrected chi connectivity index (χ1v) is 20.8. The Labute approximate surface area is 302 Å². The third-order valence-corrected chi connectivity index (χ3v) is 9.17. The molecule has 1 atom stereocenters. The Hall–Kier alpha value is -1.95. The van der Waals surface area contributed by atoms with E-state index in [4.69, 9.17) is 9.47 Å². The molecule has 0 fully saturated rings. The standard InChI is InChI=1S/C43H78O6/c1-3-5-7-8-9-10-11-12-13-14-15-16-17-18-19-22-25-28-32-36-42(46)48-38-41(45)39-49-43(47)37-33-29-26-23-20-21-24-27-31-35-40(44)34-30-6-4-2/h24,27,31,35,41,45H,3-23,25-26,28-30,32-34,36-39H2,1-2H3/b27-24-,35-31+/t41-/m0/s1. The number of rotatable bonds is 38. The molecular formula is C43H78O6. The van der Waals surface area contributed by atoms with Gasteiger partial charge < -0.3 is 14.6 Å². The van der Waals surface area contributed by atoms with Gasteiger partial charge in [-0.3, -0.25) is 14.4 Å². The van der Waals surface area contributed by atoms with E-state index < -0.39 is 6.10 Å². The molecule has 0 aliphatic rings. The van der Waals surface area contributed by atoms with Crippen molar-refractivity contribution in [3.05, 3.63) is 24.3 Å². The maximum atomic E-state index is 12.0. The molecule has 0 spiro atoms. The van der Waals surface area contributed by atoms with Gasteiger partial charge in [0.1, 0.15) is 19.3 Å². The van der Waals surface area contributed by atoms with Gasteiger partial charge in [0.05, 0.1) is 0 Å². The summed E-state index contributed by atoms with van der Waals surface area (Å²) >= 11 is 0. The molecule has 0 aromatic carbocycles. The fourth-order valence-electron chi connectivity index (χ4n) is 5.95. The number of hydrogen-bond acceptors (Lipinski definition) is 6. The van der Waals surface area contributed by atoms with Crippen molar-refractivity contribution in [2.45, 2.75) is 219 Å². The largest absolute Gasteiger partial charge is 0.463 e. The van der Waals surface area contributed by atoms with E-state index >= 15 is 0 Å². The second-order valence-corrected chi connectivity index (χ2v) is 14.2. The molecule has 0 bridgehead atoms. The number of ketones is 1. The second-order valence-electron chi connectivity index (χ2n) is 14.2. The number of unbranched alkanes of at least 4 members (excludes halogenated alkanes) is 25. The SMILES string of the molecule is CCCCCCCCCCCCCCCCCCCCCC(=O)OC[C@H](O)COC(=O)CCCCCCC/C=C\C=C\C(=O)CCCCC. The average Bonchev–Trinajstić information content (AvgIpc) is 3.09. The van der Waals surface area contributed by atoms with E-state index in [-0.39, 0.29) is 30.9 Å². The number of allylic oxidation sites excluding steroid dienone is 4. The Morgan fingerprint density at radius 3 is 1.24 bits per heavy atom. The molecule has 0 aromatic rings. The van der Waals surface area contributed by atoms with Gasteiger partial charge in [-0.15, -0.1) is 0 Å². The number of aliphatic hydroxyl groups excluding tert-OH is 1. The van der Waals surface area contributed by atoms with Gasteiger partial charge in [-0.1, -0.05) is 180 Å². The molecule has 0 saturated carbocycles. The lowest BCUT2D eigenvalue weighted by molar-refractivity contribution is -0.152. The predicted octanol–water partition coefficient (Wildman–Crippen LogP) is 12.2. The normalized spacial score (nSPS) is 12.2. The van der Waals surface area contributed by atoms with Crippen LogP contribution in [-0.2, 0) is 23.9 Å². The smallest absolute Gasteiger partial charge is 0.305 e. The van der Waals surface area contributed by atoms with Crippen LogP contribution in [0, 0.1) is 0 Å². The molecule has 0 amide bonds. The van der Waals surface area contributed by atoms with Gasteiger partial charge in [0.25, 0.3) is 0 Å². The van der Waals surface area contributed by atoms with Gasteiger partial charge in [-0.2, -0.15) is 0 Å². The second kappa shape index (κ2) is 38.8. The van der Waals surface area contributed by atoms with Crippen LogP contribution in [0.2, 0.25) is 0 Å². The Morgan fingerprint density at radius 2 is 0.816 bits per heavy atom. The minimum atomic E-state index is -0.986. The van der Waals surface area contributed by atoms with Crippen LogP contribution < -0.4 is 0 Å². The van der Waals surface area contributed by atoms with Crippen molar-refractivity contribution in [3.63, 3.8) is 0 Å². The number of carbonyl (C=O) groups excluding carboxylic acids is 3. The highest BCUT2D eigenvalue weighted by Crippen LogP contribution is 2.15. The summed E-state index contributed by atoms with van der Waals surface area (Å²) in [7, 11) is 0. The van der Waals surface area contributed by atoms with Crippen LogP contribution in [0.5, 0.6) is 0 Å². The van der Waals surface area contributed by atoms with E-state index in [9.17, 15) is 19.5 Å². The van der Waals surface area contributed by atoms with E-state index in [1.165, 1.54) is 103 Å². The molecule has 49 heavy (non-hydrogen) atoms. The van der Waals surface area contributed by atoms with Crippen LogP contribution >= 0.6 is 0 Å². The minimum Gasteiger partial charge on any atom is -0.463 e. The molecule has 0 aromatic heterocycles. The number of aliphatic hydroxyl groups is 1. The molecule has 0 radical (unpaired) electrons. The highest BCUT2D eigenvalue weighted by molar-refractivity contribution is 5.89. The predicted molar refractivity (Wildman–Crippen MR) is 206 cm³/mol. The van der Waals surface area contributed by atoms with Crippen molar-refractivity contribution in [2.75, 3.05) is 13.2 Å². The van der Waals surface area contributed by atoms with Crippen LogP contribution in [0.25, 0.3) is 0 Å². The first-order chi connectivity index (χ1) is 24.0. The summed E-state index contributed by atoms with van der Waals surface area (Å²) in [6, 6.07) is 0. The Bertz CT molecular complexity index is 804. The fourth-order valence-corrected chi connectivity index (χ4v) is 5.95. The molecular weight excluding hydrogens is 612 g/mol. The van der Waals surface area contributed by atoms with Crippen molar-refractivity contribution in [1.82, 2.24) is 0 Å². The summed E-state index contributed by atoms with van der Waals surface area (Å²) in [5.74, 6) is -0.415. The molecule has 1 N–H and O–H groups in total. The zero-order valence-corrected chi connectivity index (χ0v) is 32.2. The number of hydrogen-bond donors (Lipinski definition) is 1. The summed E-state index contributed by atoms with van der Waals surface area (Å²) in [6.45, 7) is 4.14. The molecule has 0 unspecified atom stereocenters.